The van der Waals surface area contributed by atoms with Gasteiger partial charge in [0.2, 0.25) is 0 Å². The van der Waals surface area contributed by atoms with Gasteiger partial charge in [-0.15, -0.1) is 0 Å². The second-order valence-electron chi connectivity index (χ2n) is 5.44. The van der Waals surface area contributed by atoms with Gasteiger partial charge in [-0.05, 0) is 32.1 Å². The van der Waals surface area contributed by atoms with Crippen molar-refractivity contribution < 1.29 is 9.90 Å². The largest absolute Gasteiger partial charge is 0.478 e. The molecule has 0 aliphatic heterocycles. The van der Waals surface area contributed by atoms with E-state index in [2.05, 4.69) is 9.97 Å². The number of fused-ring (bicyclic) bond motifs is 3. The first-order valence-corrected chi connectivity index (χ1v) is 6.76. The highest BCUT2D eigenvalue weighted by Gasteiger charge is 2.31. The highest BCUT2D eigenvalue weighted by molar-refractivity contribution is 5.96. The number of aryl methyl sites for hydroxylation is 2. The first-order valence-electron chi connectivity index (χ1n) is 6.76. The molecular formula is C14H15N3O2. The molecule has 0 atom stereocenters. The van der Waals surface area contributed by atoms with E-state index in [0.717, 1.165) is 47.7 Å². The van der Waals surface area contributed by atoms with E-state index in [-0.39, 0.29) is 0 Å². The third-order valence-corrected chi connectivity index (χ3v) is 4.04. The highest BCUT2D eigenvalue weighted by Crippen LogP contribution is 2.41. The summed E-state index contributed by atoms with van der Waals surface area (Å²) in [6, 6.07) is 0. The Morgan fingerprint density at radius 3 is 2.84 bits per heavy atom. The van der Waals surface area contributed by atoms with Gasteiger partial charge in [-0.3, -0.25) is 0 Å². The molecule has 0 saturated heterocycles. The van der Waals surface area contributed by atoms with Gasteiger partial charge in [0, 0.05) is 29.1 Å². The Morgan fingerprint density at radius 1 is 1.32 bits per heavy atom. The molecule has 5 heteroatoms. The van der Waals surface area contributed by atoms with Crippen molar-refractivity contribution >= 4 is 5.97 Å². The molecule has 2 aromatic heterocycles. The third kappa shape index (κ3) is 1.61. The number of carboxylic acid groups (broad SMARTS) is 1. The third-order valence-electron chi connectivity index (χ3n) is 4.04. The van der Waals surface area contributed by atoms with Crippen LogP contribution in [0, 0.1) is 0 Å². The summed E-state index contributed by atoms with van der Waals surface area (Å²) in [6.07, 6.45) is 6.82. The molecule has 2 aliphatic rings. The van der Waals surface area contributed by atoms with Crippen LogP contribution in [0.2, 0.25) is 0 Å². The van der Waals surface area contributed by atoms with Gasteiger partial charge in [0.15, 0.2) is 0 Å². The SMILES string of the molecule is O=C(O)c1c[nH]c2c1-c1nc(C3CC3)[nH]c1CCC2. The minimum absolute atomic E-state index is 0.340. The number of carboxylic acids is 1. The number of H-pyrrole nitrogens is 2. The number of imidazole rings is 1. The van der Waals surface area contributed by atoms with Gasteiger partial charge in [0.1, 0.15) is 5.82 Å². The number of nitrogens with zero attached hydrogens (tertiary/aromatic N) is 1. The van der Waals surface area contributed by atoms with Gasteiger partial charge in [0.25, 0.3) is 0 Å². The molecule has 0 bridgehead atoms. The van der Waals surface area contributed by atoms with E-state index in [4.69, 9.17) is 4.98 Å². The predicted molar refractivity (Wildman–Crippen MR) is 69.3 cm³/mol. The second-order valence-corrected chi connectivity index (χ2v) is 5.44. The minimum atomic E-state index is -0.888. The zero-order valence-corrected chi connectivity index (χ0v) is 10.5. The zero-order valence-electron chi connectivity index (χ0n) is 10.5. The van der Waals surface area contributed by atoms with Crippen molar-refractivity contribution in [3.63, 3.8) is 0 Å². The predicted octanol–water partition coefficient (Wildman–Crippen LogP) is 2.47. The number of hydrogen-bond acceptors (Lipinski definition) is 2. The standard InChI is InChI=1S/C14H15N3O2/c18-14(19)8-6-15-9-2-1-3-10-12(11(8)9)17-13(16-10)7-4-5-7/h6-7,15H,1-5H2,(H,16,17)(H,18,19). The molecule has 5 nitrogen and oxygen atoms in total. The number of hydrogen-bond donors (Lipinski definition) is 3. The lowest BCUT2D eigenvalue weighted by atomic mass is 10.1. The first kappa shape index (κ1) is 10.8. The topological polar surface area (TPSA) is 81.8 Å². The number of nitrogens with one attached hydrogen (secondary N) is 2. The molecule has 3 N–H and O–H groups in total. The lowest BCUT2D eigenvalue weighted by Gasteiger charge is -2.00. The fourth-order valence-corrected chi connectivity index (χ4v) is 2.91. The molecule has 2 aliphatic carbocycles. The van der Waals surface area contributed by atoms with Crippen molar-refractivity contribution in [3.8, 4) is 11.3 Å². The van der Waals surface area contributed by atoms with Gasteiger partial charge in [0.05, 0.1) is 11.3 Å². The van der Waals surface area contributed by atoms with Crippen LogP contribution in [-0.2, 0) is 12.8 Å². The summed E-state index contributed by atoms with van der Waals surface area (Å²) in [7, 11) is 0. The Bertz CT molecular complexity index is 664. The summed E-state index contributed by atoms with van der Waals surface area (Å²) in [5, 5.41) is 9.32. The molecule has 0 unspecified atom stereocenters. The number of aromatic amines is 2. The van der Waals surface area contributed by atoms with Crippen LogP contribution < -0.4 is 0 Å². The molecule has 1 saturated carbocycles. The normalized spacial score (nSPS) is 17.7. The maximum absolute atomic E-state index is 11.4. The number of aromatic nitrogens is 3. The number of rotatable bonds is 2. The average Bonchev–Trinajstić information content (AvgIpc) is 3.06. The minimum Gasteiger partial charge on any atom is -0.478 e. The van der Waals surface area contributed by atoms with Crippen LogP contribution in [0.25, 0.3) is 11.3 Å². The molecule has 2 heterocycles. The van der Waals surface area contributed by atoms with Gasteiger partial charge >= 0.3 is 5.97 Å². The zero-order chi connectivity index (χ0) is 13.0. The Morgan fingerprint density at radius 2 is 2.11 bits per heavy atom. The summed E-state index contributed by atoms with van der Waals surface area (Å²) in [4.78, 5) is 22.6. The molecule has 0 amide bonds. The van der Waals surface area contributed by atoms with Crippen molar-refractivity contribution in [2.24, 2.45) is 0 Å². The summed E-state index contributed by atoms with van der Waals surface area (Å²) in [5.41, 5.74) is 4.09. The van der Waals surface area contributed by atoms with E-state index in [9.17, 15) is 9.90 Å². The summed E-state index contributed by atoms with van der Waals surface area (Å²) in [6.45, 7) is 0. The monoisotopic (exact) mass is 257 g/mol. The lowest BCUT2D eigenvalue weighted by Crippen LogP contribution is -1.98. The molecular weight excluding hydrogens is 242 g/mol. The van der Waals surface area contributed by atoms with E-state index >= 15 is 0 Å². The Hall–Kier alpha value is -2.04. The summed E-state index contributed by atoms with van der Waals surface area (Å²) in [5.74, 6) is 0.708. The van der Waals surface area contributed by atoms with E-state index in [1.54, 1.807) is 6.20 Å². The van der Waals surface area contributed by atoms with Crippen LogP contribution in [0.5, 0.6) is 0 Å². The van der Waals surface area contributed by atoms with Crippen LogP contribution in [-0.4, -0.2) is 26.0 Å². The van der Waals surface area contributed by atoms with Crippen LogP contribution in [0.15, 0.2) is 6.20 Å². The Labute approximate surface area is 110 Å². The van der Waals surface area contributed by atoms with Gasteiger partial charge in [-0.2, -0.15) is 0 Å². The van der Waals surface area contributed by atoms with E-state index in [0.29, 0.717) is 11.5 Å². The quantitative estimate of drug-likeness (QED) is 0.773. The van der Waals surface area contributed by atoms with Crippen LogP contribution in [0.1, 0.15) is 52.8 Å². The summed E-state index contributed by atoms with van der Waals surface area (Å²) < 4.78 is 0. The maximum atomic E-state index is 11.4. The molecule has 0 spiro atoms. The van der Waals surface area contributed by atoms with Crippen molar-refractivity contribution in [2.75, 3.05) is 0 Å². The van der Waals surface area contributed by atoms with Crippen molar-refractivity contribution in [3.05, 3.63) is 29.0 Å². The number of carbonyl (C=O) groups is 1. The van der Waals surface area contributed by atoms with E-state index < -0.39 is 5.97 Å². The van der Waals surface area contributed by atoms with Gasteiger partial charge in [-0.1, -0.05) is 0 Å². The molecule has 19 heavy (non-hydrogen) atoms. The van der Waals surface area contributed by atoms with Crippen LogP contribution >= 0.6 is 0 Å². The Balaban J connectivity index is 1.92. The molecule has 0 aromatic carbocycles. The molecule has 2 aromatic rings. The van der Waals surface area contributed by atoms with E-state index in [1.807, 2.05) is 0 Å². The Kier molecular flexibility index (Phi) is 2.13. The highest BCUT2D eigenvalue weighted by atomic mass is 16.4. The average molecular weight is 257 g/mol. The van der Waals surface area contributed by atoms with Crippen LogP contribution in [0.3, 0.4) is 0 Å². The number of aromatic carboxylic acids is 1. The second kappa shape index (κ2) is 3.73. The van der Waals surface area contributed by atoms with Crippen molar-refractivity contribution in [2.45, 2.75) is 38.0 Å². The van der Waals surface area contributed by atoms with Crippen molar-refractivity contribution in [1.82, 2.24) is 15.0 Å². The molecule has 98 valence electrons. The molecule has 0 radical (unpaired) electrons. The maximum Gasteiger partial charge on any atom is 0.337 e. The van der Waals surface area contributed by atoms with Gasteiger partial charge < -0.3 is 15.1 Å². The fraction of sp³-hybridized carbons (Fsp3) is 0.429. The van der Waals surface area contributed by atoms with Crippen molar-refractivity contribution in [1.29, 1.82) is 0 Å². The lowest BCUT2D eigenvalue weighted by molar-refractivity contribution is 0.0698. The van der Waals surface area contributed by atoms with Gasteiger partial charge in [-0.25, -0.2) is 9.78 Å². The fourth-order valence-electron chi connectivity index (χ4n) is 2.91. The summed E-state index contributed by atoms with van der Waals surface area (Å²) >= 11 is 0. The smallest absolute Gasteiger partial charge is 0.337 e. The van der Waals surface area contributed by atoms with E-state index in [1.165, 1.54) is 12.8 Å². The molecule has 1 fully saturated rings. The first-order chi connectivity index (χ1) is 9.24. The van der Waals surface area contributed by atoms with Crippen LogP contribution in [0.4, 0.5) is 0 Å². The molecule has 4 rings (SSSR count).